The van der Waals surface area contributed by atoms with E-state index >= 15 is 0 Å². The average molecular weight is 309 g/mol. The molecular formula is C18H19N3O2. The number of rotatable bonds is 5. The zero-order valence-electron chi connectivity index (χ0n) is 12.7. The number of nitrogens with zero attached hydrogens (tertiary/aromatic N) is 1. The zero-order chi connectivity index (χ0) is 16.1. The van der Waals surface area contributed by atoms with Crippen molar-refractivity contribution in [1.29, 1.82) is 0 Å². The van der Waals surface area contributed by atoms with E-state index in [1.54, 1.807) is 12.1 Å². The largest absolute Gasteiger partial charge is 0.508 e. The smallest absolute Gasteiger partial charge is 0.315 e. The summed E-state index contributed by atoms with van der Waals surface area (Å²) in [6.45, 7) is 1.72. The molecule has 2 amide bonds. The molecule has 0 aliphatic carbocycles. The molecule has 0 atom stereocenters. The van der Waals surface area contributed by atoms with E-state index in [9.17, 15) is 9.90 Å². The van der Waals surface area contributed by atoms with Crippen LogP contribution >= 0.6 is 0 Å². The number of hydrogen-bond acceptors (Lipinski definition) is 2. The van der Waals surface area contributed by atoms with Crippen LogP contribution in [0.3, 0.4) is 0 Å². The van der Waals surface area contributed by atoms with E-state index in [-0.39, 0.29) is 11.8 Å². The lowest BCUT2D eigenvalue weighted by Gasteiger charge is -2.09. The second-order valence-corrected chi connectivity index (χ2v) is 5.35. The first-order valence-corrected chi connectivity index (χ1v) is 7.56. The Morgan fingerprint density at radius 3 is 2.70 bits per heavy atom. The molecule has 0 fully saturated rings. The molecular weight excluding hydrogens is 290 g/mol. The predicted octanol–water partition coefficient (Wildman–Crippen LogP) is 2.85. The highest BCUT2D eigenvalue weighted by Crippen LogP contribution is 2.20. The number of aromatic hydroxyl groups is 1. The van der Waals surface area contributed by atoms with Crippen LogP contribution in [-0.2, 0) is 13.1 Å². The summed E-state index contributed by atoms with van der Waals surface area (Å²) in [6.07, 6.45) is 1.95. The monoisotopic (exact) mass is 309 g/mol. The molecule has 0 spiro atoms. The van der Waals surface area contributed by atoms with Crippen molar-refractivity contribution in [2.45, 2.75) is 13.1 Å². The van der Waals surface area contributed by atoms with E-state index in [0.29, 0.717) is 19.6 Å². The first-order chi connectivity index (χ1) is 11.2. The van der Waals surface area contributed by atoms with Crippen molar-refractivity contribution in [2.75, 3.05) is 6.54 Å². The Morgan fingerprint density at radius 2 is 1.87 bits per heavy atom. The molecule has 0 radical (unpaired) electrons. The fraction of sp³-hybridized carbons (Fsp3) is 0.167. The third-order valence-corrected chi connectivity index (χ3v) is 3.69. The summed E-state index contributed by atoms with van der Waals surface area (Å²) < 4.78 is 2.05. The summed E-state index contributed by atoms with van der Waals surface area (Å²) in [5, 5.41) is 16.1. The Kier molecular flexibility index (Phi) is 4.47. The van der Waals surface area contributed by atoms with Crippen LogP contribution in [0.25, 0.3) is 10.9 Å². The number of hydrogen-bond donors (Lipinski definition) is 3. The summed E-state index contributed by atoms with van der Waals surface area (Å²) in [5.41, 5.74) is 2.10. The maximum atomic E-state index is 11.8. The second-order valence-electron chi connectivity index (χ2n) is 5.35. The lowest BCUT2D eigenvalue weighted by Crippen LogP contribution is -2.36. The fourth-order valence-electron chi connectivity index (χ4n) is 2.51. The van der Waals surface area contributed by atoms with Crippen LogP contribution < -0.4 is 10.6 Å². The highest BCUT2D eigenvalue weighted by atomic mass is 16.3. The van der Waals surface area contributed by atoms with Gasteiger partial charge in [0.05, 0.1) is 0 Å². The van der Waals surface area contributed by atoms with Gasteiger partial charge in [0.2, 0.25) is 0 Å². The number of benzene rings is 2. The van der Waals surface area contributed by atoms with Crippen LogP contribution in [0.4, 0.5) is 4.79 Å². The SMILES string of the molecule is O=C(NCCn1ccc2cc(O)ccc21)NCc1ccccc1. The van der Waals surface area contributed by atoms with Crippen molar-refractivity contribution in [3.8, 4) is 5.75 Å². The average Bonchev–Trinajstić information content (AvgIpc) is 2.96. The normalized spacial score (nSPS) is 10.6. The molecule has 23 heavy (non-hydrogen) atoms. The number of phenols is 1. The number of amides is 2. The van der Waals surface area contributed by atoms with Crippen LogP contribution in [0.5, 0.6) is 5.75 Å². The third kappa shape index (κ3) is 3.83. The van der Waals surface area contributed by atoms with Gasteiger partial charge in [-0.1, -0.05) is 30.3 Å². The maximum Gasteiger partial charge on any atom is 0.315 e. The molecule has 0 bridgehead atoms. The van der Waals surface area contributed by atoms with Gasteiger partial charge in [0.1, 0.15) is 5.75 Å². The second kappa shape index (κ2) is 6.87. The van der Waals surface area contributed by atoms with Gasteiger partial charge in [0.25, 0.3) is 0 Å². The Hall–Kier alpha value is -2.95. The number of carbonyl (C=O) groups is 1. The fourth-order valence-corrected chi connectivity index (χ4v) is 2.51. The number of phenolic OH excluding ortho intramolecular Hbond substituents is 1. The van der Waals surface area contributed by atoms with E-state index in [2.05, 4.69) is 10.6 Å². The van der Waals surface area contributed by atoms with Gasteiger partial charge in [-0.05, 0) is 29.8 Å². The van der Waals surface area contributed by atoms with Crippen LogP contribution in [0.15, 0.2) is 60.8 Å². The minimum Gasteiger partial charge on any atom is -0.508 e. The van der Waals surface area contributed by atoms with Gasteiger partial charge in [0, 0.05) is 36.7 Å². The van der Waals surface area contributed by atoms with Gasteiger partial charge in [-0.15, -0.1) is 0 Å². The molecule has 0 unspecified atom stereocenters. The van der Waals surface area contributed by atoms with E-state index in [1.165, 1.54) is 0 Å². The molecule has 3 N–H and O–H groups in total. The van der Waals surface area contributed by atoms with Gasteiger partial charge in [0.15, 0.2) is 0 Å². The van der Waals surface area contributed by atoms with Gasteiger partial charge >= 0.3 is 6.03 Å². The lowest BCUT2D eigenvalue weighted by atomic mass is 10.2. The molecule has 0 aliphatic heterocycles. The van der Waals surface area contributed by atoms with Crippen molar-refractivity contribution in [3.63, 3.8) is 0 Å². The molecule has 1 heterocycles. The van der Waals surface area contributed by atoms with Crippen molar-refractivity contribution in [3.05, 3.63) is 66.4 Å². The van der Waals surface area contributed by atoms with Crippen LogP contribution in [0.1, 0.15) is 5.56 Å². The maximum absolute atomic E-state index is 11.8. The van der Waals surface area contributed by atoms with Crippen LogP contribution in [0, 0.1) is 0 Å². The summed E-state index contributed by atoms with van der Waals surface area (Å²) in [4.78, 5) is 11.8. The Bertz CT molecular complexity index is 796. The van der Waals surface area contributed by atoms with Gasteiger partial charge in [-0.2, -0.15) is 0 Å². The summed E-state index contributed by atoms with van der Waals surface area (Å²) in [6, 6.07) is 16.8. The Balaban J connectivity index is 1.47. The topological polar surface area (TPSA) is 66.3 Å². The minimum atomic E-state index is -0.178. The number of aromatic nitrogens is 1. The predicted molar refractivity (Wildman–Crippen MR) is 90.3 cm³/mol. The van der Waals surface area contributed by atoms with Gasteiger partial charge < -0.3 is 20.3 Å². The number of nitrogens with one attached hydrogen (secondary N) is 2. The number of carbonyl (C=O) groups excluding carboxylic acids is 1. The standard InChI is InChI=1S/C18H19N3O2/c22-16-6-7-17-15(12-16)8-10-21(17)11-9-19-18(23)20-13-14-4-2-1-3-5-14/h1-8,10,12,22H,9,11,13H2,(H2,19,20,23). The lowest BCUT2D eigenvalue weighted by molar-refractivity contribution is 0.240. The molecule has 0 aliphatic rings. The Labute approximate surface area is 134 Å². The summed E-state index contributed by atoms with van der Waals surface area (Å²) in [5.74, 6) is 0.258. The van der Waals surface area contributed by atoms with Crippen molar-refractivity contribution < 1.29 is 9.90 Å². The molecule has 0 saturated carbocycles. The zero-order valence-corrected chi connectivity index (χ0v) is 12.7. The molecule has 0 saturated heterocycles. The van der Waals surface area contributed by atoms with Crippen molar-refractivity contribution >= 4 is 16.9 Å². The molecule has 5 heteroatoms. The summed E-state index contributed by atoms with van der Waals surface area (Å²) in [7, 11) is 0. The molecule has 118 valence electrons. The van der Waals surface area contributed by atoms with E-state index in [4.69, 9.17) is 0 Å². The van der Waals surface area contributed by atoms with Crippen molar-refractivity contribution in [2.24, 2.45) is 0 Å². The van der Waals surface area contributed by atoms with Gasteiger partial charge in [-0.25, -0.2) is 4.79 Å². The highest BCUT2D eigenvalue weighted by Gasteiger charge is 2.03. The molecule has 3 aromatic rings. The molecule has 1 aromatic heterocycles. The van der Waals surface area contributed by atoms with E-state index in [0.717, 1.165) is 16.5 Å². The first kappa shape index (κ1) is 15.0. The quantitative estimate of drug-likeness (QED) is 0.678. The first-order valence-electron chi connectivity index (χ1n) is 7.56. The Morgan fingerprint density at radius 1 is 1.04 bits per heavy atom. The summed E-state index contributed by atoms with van der Waals surface area (Å²) >= 11 is 0. The molecule has 5 nitrogen and oxygen atoms in total. The van der Waals surface area contributed by atoms with E-state index in [1.807, 2.05) is 53.2 Å². The third-order valence-electron chi connectivity index (χ3n) is 3.69. The minimum absolute atomic E-state index is 0.178. The van der Waals surface area contributed by atoms with Gasteiger partial charge in [-0.3, -0.25) is 0 Å². The van der Waals surface area contributed by atoms with Crippen molar-refractivity contribution in [1.82, 2.24) is 15.2 Å². The highest BCUT2D eigenvalue weighted by molar-refractivity contribution is 5.81. The molecule has 2 aromatic carbocycles. The van der Waals surface area contributed by atoms with E-state index < -0.39 is 0 Å². The number of fused-ring (bicyclic) bond motifs is 1. The van der Waals surface area contributed by atoms with Crippen LogP contribution in [0.2, 0.25) is 0 Å². The van der Waals surface area contributed by atoms with Crippen LogP contribution in [-0.4, -0.2) is 22.2 Å². The number of urea groups is 1. The molecule has 3 rings (SSSR count).